The molecule has 0 unspecified atom stereocenters. The maximum absolute atomic E-state index is 5.99. The molecular formula is C21H19ClN2O. The Kier molecular flexibility index (Phi) is 5.70. The van der Waals surface area contributed by atoms with Crippen LogP contribution in [0.25, 0.3) is 0 Å². The van der Waals surface area contributed by atoms with Crippen molar-refractivity contribution in [3.63, 3.8) is 0 Å². The lowest BCUT2D eigenvalue weighted by molar-refractivity contribution is 0.305. The largest absolute Gasteiger partial charge is 0.488 e. The highest BCUT2D eigenvalue weighted by Crippen LogP contribution is 2.19. The van der Waals surface area contributed by atoms with Gasteiger partial charge in [-0.2, -0.15) is 5.10 Å². The van der Waals surface area contributed by atoms with Crippen LogP contribution in [0.3, 0.4) is 0 Å². The van der Waals surface area contributed by atoms with Gasteiger partial charge in [0.05, 0.1) is 11.9 Å². The molecule has 3 aromatic rings. The number of hydrogen-bond donors (Lipinski definition) is 1. The molecule has 0 aliphatic carbocycles. The van der Waals surface area contributed by atoms with Gasteiger partial charge in [-0.3, -0.25) is 5.43 Å². The summed E-state index contributed by atoms with van der Waals surface area (Å²) in [6, 6.07) is 23.4. The molecule has 0 aliphatic heterocycles. The molecule has 0 saturated heterocycles. The minimum Gasteiger partial charge on any atom is -0.488 e. The highest BCUT2D eigenvalue weighted by molar-refractivity contribution is 6.30. The molecule has 0 atom stereocenters. The van der Waals surface area contributed by atoms with Crippen molar-refractivity contribution in [3.8, 4) is 5.75 Å². The van der Waals surface area contributed by atoms with E-state index in [0.29, 0.717) is 11.6 Å². The fraction of sp³-hybridized carbons (Fsp3) is 0.0952. The molecular weight excluding hydrogens is 332 g/mol. The second kappa shape index (κ2) is 8.36. The standard InChI is InChI=1S/C21H19ClN2O/c1-16-6-2-3-8-18(16)15-25-21-9-5-4-7-17(21)14-23-24-20-12-10-19(22)11-13-20/h2-14,24H,15H2,1H3. The van der Waals surface area contributed by atoms with Crippen molar-refractivity contribution in [2.75, 3.05) is 5.43 Å². The fourth-order valence-electron chi connectivity index (χ4n) is 2.35. The van der Waals surface area contributed by atoms with Crippen molar-refractivity contribution in [1.82, 2.24) is 0 Å². The molecule has 0 spiro atoms. The molecule has 0 saturated carbocycles. The summed E-state index contributed by atoms with van der Waals surface area (Å²) in [4.78, 5) is 0. The summed E-state index contributed by atoms with van der Waals surface area (Å²) >= 11 is 5.88. The van der Waals surface area contributed by atoms with Gasteiger partial charge in [0, 0.05) is 10.6 Å². The van der Waals surface area contributed by atoms with E-state index in [1.807, 2.05) is 60.7 Å². The molecule has 0 heterocycles. The molecule has 126 valence electrons. The molecule has 1 N–H and O–H groups in total. The number of aryl methyl sites for hydroxylation is 1. The number of ether oxygens (including phenoxy) is 1. The SMILES string of the molecule is Cc1ccccc1COc1ccccc1C=NNc1ccc(Cl)cc1. The van der Waals surface area contributed by atoms with E-state index in [1.165, 1.54) is 11.1 Å². The molecule has 0 radical (unpaired) electrons. The minimum atomic E-state index is 0.530. The monoisotopic (exact) mass is 350 g/mol. The van der Waals surface area contributed by atoms with E-state index in [4.69, 9.17) is 16.3 Å². The lowest BCUT2D eigenvalue weighted by atomic mass is 10.1. The van der Waals surface area contributed by atoms with Crippen LogP contribution in [0.2, 0.25) is 5.02 Å². The lowest BCUT2D eigenvalue weighted by Gasteiger charge is -2.10. The van der Waals surface area contributed by atoms with Crippen LogP contribution in [0, 0.1) is 6.92 Å². The second-order valence-corrected chi connectivity index (χ2v) is 6.07. The zero-order chi connectivity index (χ0) is 17.5. The van der Waals surface area contributed by atoms with Crippen LogP contribution in [0.15, 0.2) is 77.9 Å². The first-order chi connectivity index (χ1) is 12.2. The Morgan fingerprint density at radius 3 is 2.48 bits per heavy atom. The van der Waals surface area contributed by atoms with E-state index >= 15 is 0 Å². The topological polar surface area (TPSA) is 33.6 Å². The van der Waals surface area contributed by atoms with Gasteiger partial charge in [-0.1, -0.05) is 48.0 Å². The first kappa shape index (κ1) is 17.1. The number of para-hydroxylation sites is 1. The zero-order valence-corrected chi connectivity index (χ0v) is 14.7. The quantitative estimate of drug-likeness (QED) is 0.458. The van der Waals surface area contributed by atoms with Gasteiger partial charge in [0.2, 0.25) is 0 Å². The molecule has 0 fully saturated rings. The molecule has 0 aromatic heterocycles. The van der Waals surface area contributed by atoms with Gasteiger partial charge < -0.3 is 4.74 Å². The number of nitrogens with zero attached hydrogens (tertiary/aromatic N) is 1. The average Bonchev–Trinajstić information content (AvgIpc) is 2.64. The number of halogens is 1. The summed E-state index contributed by atoms with van der Waals surface area (Å²) in [6.07, 6.45) is 1.75. The van der Waals surface area contributed by atoms with Crippen molar-refractivity contribution in [2.24, 2.45) is 5.10 Å². The van der Waals surface area contributed by atoms with Gasteiger partial charge in [-0.05, 0) is 54.4 Å². The summed E-state index contributed by atoms with van der Waals surface area (Å²) in [5.41, 5.74) is 7.17. The molecule has 0 aliphatic rings. The molecule has 0 bridgehead atoms. The Labute approximate surface area is 152 Å². The Bertz CT molecular complexity index is 860. The van der Waals surface area contributed by atoms with Crippen LogP contribution in [-0.2, 0) is 6.61 Å². The second-order valence-electron chi connectivity index (χ2n) is 5.63. The number of hydrazone groups is 1. The van der Waals surface area contributed by atoms with Gasteiger partial charge in [0.15, 0.2) is 0 Å². The summed E-state index contributed by atoms with van der Waals surface area (Å²) in [5, 5.41) is 4.98. The maximum atomic E-state index is 5.99. The zero-order valence-electron chi connectivity index (χ0n) is 13.9. The van der Waals surface area contributed by atoms with Crippen molar-refractivity contribution in [1.29, 1.82) is 0 Å². The fourth-order valence-corrected chi connectivity index (χ4v) is 2.47. The van der Waals surface area contributed by atoms with E-state index in [9.17, 15) is 0 Å². The lowest BCUT2D eigenvalue weighted by Crippen LogP contribution is -2.00. The Balaban J connectivity index is 1.67. The van der Waals surface area contributed by atoms with Crippen LogP contribution in [0.5, 0.6) is 5.75 Å². The Hall–Kier alpha value is -2.78. The highest BCUT2D eigenvalue weighted by Gasteiger charge is 2.03. The third-order valence-corrected chi connectivity index (χ3v) is 4.06. The first-order valence-electron chi connectivity index (χ1n) is 8.03. The van der Waals surface area contributed by atoms with E-state index in [1.54, 1.807) is 6.21 Å². The summed E-state index contributed by atoms with van der Waals surface area (Å²) in [6.45, 7) is 2.62. The van der Waals surface area contributed by atoms with Gasteiger partial charge in [0.25, 0.3) is 0 Å². The average molecular weight is 351 g/mol. The van der Waals surface area contributed by atoms with E-state index in [0.717, 1.165) is 17.0 Å². The molecule has 3 rings (SSSR count). The van der Waals surface area contributed by atoms with Gasteiger partial charge in [-0.15, -0.1) is 0 Å². The van der Waals surface area contributed by atoms with Crippen LogP contribution >= 0.6 is 11.6 Å². The van der Waals surface area contributed by atoms with Crippen LogP contribution in [-0.4, -0.2) is 6.21 Å². The molecule has 3 nitrogen and oxygen atoms in total. The van der Waals surface area contributed by atoms with Crippen molar-refractivity contribution < 1.29 is 4.74 Å². The predicted octanol–water partition coefficient (Wildman–Crippen LogP) is 5.67. The number of benzene rings is 3. The summed E-state index contributed by atoms with van der Waals surface area (Å²) in [7, 11) is 0. The van der Waals surface area contributed by atoms with Crippen molar-refractivity contribution >= 4 is 23.5 Å². The number of anilines is 1. The summed E-state index contributed by atoms with van der Waals surface area (Å²) < 4.78 is 5.99. The first-order valence-corrected chi connectivity index (χ1v) is 8.41. The predicted molar refractivity (Wildman–Crippen MR) is 105 cm³/mol. The van der Waals surface area contributed by atoms with Gasteiger partial charge in [0.1, 0.15) is 12.4 Å². The van der Waals surface area contributed by atoms with E-state index < -0.39 is 0 Å². The Morgan fingerprint density at radius 1 is 0.960 bits per heavy atom. The molecule has 4 heteroatoms. The Morgan fingerprint density at radius 2 is 1.68 bits per heavy atom. The molecule has 25 heavy (non-hydrogen) atoms. The van der Waals surface area contributed by atoms with E-state index in [-0.39, 0.29) is 0 Å². The number of nitrogens with one attached hydrogen (secondary N) is 1. The number of rotatable bonds is 6. The number of hydrogen-bond acceptors (Lipinski definition) is 3. The van der Waals surface area contributed by atoms with Gasteiger partial charge >= 0.3 is 0 Å². The highest BCUT2D eigenvalue weighted by atomic mass is 35.5. The molecule has 0 amide bonds. The normalized spacial score (nSPS) is 10.8. The third-order valence-electron chi connectivity index (χ3n) is 3.80. The molecule has 3 aromatic carbocycles. The van der Waals surface area contributed by atoms with Crippen LogP contribution in [0.4, 0.5) is 5.69 Å². The smallest absolute Gasteiger partial charge is 0.128 e. The minimum absolute atomic E-state index is 0.530. The summed E-state index contributed by atoms with van der Waals surface area (Å²) in [5.74, 6) is 0.799. The van der Waals surface area contributed by atoms with Crippen molar-refractivity contribution in [3.05, 3.63) is 94.5 Å². The van der Waals surface area contributed by atoms with Gasteiger partial charge in [-0.25, -0.2) is 0 Å². The third kappa shape index (κ3) is 4.85. The van der Waals surface area contributed by atoms with E-state index in [2.05, 4.69) is 29.6 Å². The van der Waals surface area contributed by atoms with Crippen LogP contribution in [0.1, 0.15) is 16.7 Å². The van der Waals surface area contributed by atoms with Crippen LogP contribution < -0.4 is 10.2 Å². The maximum Gasteiger partial charge on any atom is 0.128 e. The van der Waals surface area contributed by atoms with Crippen molar-refractivity contribution in [2.45, 2.75) is 13.5 Å².